The predicted molar refractivity (Wildman–Crippen MR) is 119 cm³/mol. The van der Waals surface area contributed by atoms with Crippen molar-refractivity contribution in [2.24, 2.45) is 5.92 Å². The second-order valence-electron chi connectivity index (χ2n) is 8.21. The highest BCUT2D eigenvalue weighted by Gasteiger charge is 2.40. The van der Waals surface area contributed by atoms with E-state index >= 15 is 0 Å². The molecular formula is C25H26F2N2O5. The SMILES string of the molecule is O=C(N[C@@H](Cc1ccccc1)C(=O)C(CC(=O)N1CCC[C@H]1C(=O)O)C(F)F)c1ccccc1. The molecule has 0 saturated carbocycles. The van der Waals surface area contributed by atoms with E-state index in [-0.39, 0.29) is 24.9 Å². The molecule has 7 nitrogen and oxygen atoms in total. The molecule has 0 spiro atoms. The van der Waals surface area contributed by atoms with E-state index in [0.717, 1.165) is 4.90 Å². The summed E-state index contributed by atoms with van der Waals surface area (Å²) < 4.78 is 28.0. The first-order valence-corrected chi connectivity index (χ1v) is 11.0. The third-order valence-corrected chi connectivity index (χ3v) is 5.89. The Morgan fingerprint density at radius 3 is 2.21 bits per heavy atom. The number of benzene rings is 2. The quantitative estimate of drug-likeness (QED) is 0.554. The minimum Gasteiger partial charge on any atom is -0.480 e. The van der Waals surface area contributed by atoms with Gasteiger partial charge in [-0.2, -0.15) is 0 Å². The number of carboxylic acids is 1. The fraction of sp³-hybridized carbons (Fsp3) is 0.360. The molecule has 180 valence electrons. The number of amides is 2. The Labute approximate surface area is 195 Å². The molecule has 0 aromatic heterocycles. The van der Waals surface area contributed by atoms with Crippen molar-refractivity contribution < 1.29 is 33.1 Å². The topological polar surface area (TPSA) is 104 Å². The van der Waals surface area contributed by atoms with Crippen molar-refractivity contribution in [1.82, 2.24) is 10.2 Å². The highest BCUT2D eigenvalue weighted by atomic mass is 19.3. The van der Waals surface area contributed by atoms with Crippen molar-refractivity contribution in [3.63, 3.8) is 0 Å². The van der Waals surface area contributed by atoms with E-state index in [1.807, 2.05) is 0 Å². The van der Waals surface area contributed by atoms with Gasteiger partial charge in [-0.15, -0.1) is 0 Å². The number of nitrogens with zero attached hydrogens (tertiary/aromatic N) is 1. The summed E-state index contributed by atoms with van der Waals surface area (Å²) in [6.45, 7) is 0.137. The molecule has 3 atom stereocenters. The standard InChI is InChI=1S/C25H26F2N2O5/c26-23(27)18(15-21(30)29-13-7-12-20(29)25(33)34)22(31)19(14-16-8-3-1-4-9-16)28-24(32)17-10-5-2-6-11-17/h1-6,8-11,18-20,23H,7,12-15H2,(H,28,32)(H,33,34)/t18?,19-,20-/m0/s1. The van der Waals surface area contributed by atoms with Gasteiger partial charge in [0.1, 0.15) is 6.04 Å². The maximum absolute atomic E-state index is 14.0. The second-order valence-corrected chi connectivity index (χ2v) is 8.21. The number of alkyl halides is 2. The molecule has 2 aromatic rings. The largest absolute Gasteiger partial charge is 0.480 e. The number of nitrogens with one attached hydrogen (secondary N) is 1. The molecule has 1 heterocycles. The molecule has 1 fully saturated rings. The minimum atomic E-state index is -3.16. The molecule has 2 amide bonds. The monoisotopic (exact) mass is 472 g/mol. The van der Waals surface area contributed by atoms with Crippen LogP contribution in [0, 0.1) is 5.92 Å². The summed E-state index contributed by atoms with van der Waals surface area (Å²) in [5, 5.41) is 11.8. The fourth-order valence-corrected chi connectivity index (χ4v) is 4.10. The lowest BCUT2D eigenvalue weighted by molar-refractivity contribution is -0.149. The molecule has 1 saturated heterocycles. The average Bonchev–Trinajstić information content (AvgIpc) is 3.33. The molecule has 1 aliphatic rings. The van der Waals surface area contributed by atoms with Crippen LogP contribution in [-0.4, -0.2) is 58.6 Å². The number of likely N-dealkylation sites (tertiary alicyclic amines) is 1. The summed E-state index contributed by atoms with van der Waals surface area (Å²) in [5.74, 6) is -5.56. The van der Waals surface area contributed by atoms with Gasteiger partial charge < -0.3 is 15.3 Å². The van der Waals surface area contributed by atoms with Gasteiger partial charge in [-0.05, 0) is 37.0 Å². The van der Waals surface area contributed by atoms with E-state index in [9.17, 15) is 33.1 Å². The molecule has 34 heavy (non-hydrogen) atoms. The van der Waals surface area contributed by atoms with Crippen molar-refractivity contribution in [3.8, 4) is 0 Å². The van der Waals surface area contributed by atoms with E-state index in [4.69, 9.17) is 0 Å². The Balaban J connectivity index is 1.81. The summed E-state index contributed by atoms with van der Waals surface area (Å²) in [7, 11) is 0. The number of carboxylic acid groups (broad SMARTS) is 1. The van der Waals surface area contributed by atoms with E-state index in [1.165, 1.54) is 12.1 Å². The van der Waals surface area contributed by atoms with Gasteiger partial charge in [0.15, 0.2) is 5.78 Å². The first-order chi connectivity index (χ1) is 16.3. The highest BCUT2D eigenvalue weighted by Crippen LogP contribution is 2.24. The number of hydrogen-bond acceptors (Lipinski definition) is 4. The van der Waals surface area contributed by atoms with E-state index in [1.54, 1.807) is 48.5 Å². The number of aliphatic carboxylic acids is 1. The summed E-state index contributed by atoms with van der Waals surface area (Å²) in [4.78, 5) is 51.1. The van der Waals surface area contributed by atoms with Crippen LogP contribution in [0.4, 0.5) is 8.78 Å². The number of ketones is 1. The van der Waals surface area contributed by atoms with Gasteiger partial charge in [0, 0.05) is 18.5 Å². The summed E-state index contributed by atoms with van der Waals surface area (Å²) in [6.07, 6.45) is -3.34. The predicted octanol–water partition coefficient (Wildman–Crippen LogP) is 2.94. The van der Waals surface area contributed by atoms with E-state index in [0.29, 0.717) is 12.0 Å². The van der Waals surface area contributed by atoms with Gasteiger partial charge in [-0.1, -0.05) is 48.5 Å². The summed E-state index contributed by atoms with van der Waals surface area (Å²) in [6, 6.07) is 14.3. The molecule has 0 radical (unpaired) electrons. The lowest BCUT2D eigenvalue weighted by atomic mass is 9.90. The van der Waals surface area contributed by atoms with Crippen LogP contribution in [-0.2, 0) is 20.8 Å². The number of carbonyl (C=O) groups is 4. The van der Waals surface area contributed by atoms with Gasteiger partial charge in [0.05, 0.1) is 12.0 Å². The van der Waals surface area contributed by atoms with Gasteiger partial charge >= 0.3 is 5.97 Å². The van der Waals surface area contributed by atoms with Gasteiger partial charge in [-0.3, -0.25) is 14.4 Å². The lowest BCUT2D eigenvalue weighted by Crippen LogP contribution is -2.48. The van der Waals surface area contributed by atoms with Crippen molar-refractivity contribution in [2.45, 2.75) is 44.2 Å². The van der Waals surface area contributed by atoms with Crippen LogP contribution in [0.15, 0.2) is 60.7 Å². The number of hydrogen-bond donors (Lipinski definition) is 2. The molecule has 9 heteroatoms. The van der Waals surface area contributed by atoms with Gasteiger partial charge in [0.25, 0.3) is 5.91 Å². The number of halogens is 2. The van der Waals surface area contributed by atoms with E-state index < -0.39 is 54.4 Å². The zero-order chi connectivity index (χ0) is 24.7. The second kappa shape index (κ2) is 11.5. The fourth-order valence-electron chi connectivity index (χ4n) is 4.10. The van der Waals surface area contributed by atoms with Crippen LogP contribution >= 0.6 is 0 Å². The zero-order valence-corrected chi connectivity index (χ0v) is 18.4. The third-order valence-electron chi connectivity index (χ3n) is 5.89. The smallest absolute Gasteiger partial charge is 0.326 e. The molecule has 2 aromatic carbocycles. The Hall–Kier alpha value is -3.62. The van der Waals surface area contributed by atoms with Crippen LogP contribution < -0.4 is 5.32 Å². The molecule has 0 bridgehead atoms. The Bertz CT molecular complexity index is 1020. The maximum Gasteiger partial charge on any atom is 0.326 e. The summed E-state index contributed by atoms with van der Waals surface area (Å²) in [5.41, 5.74) is 0.915. The number of rotatable bonds is 10. The van der Waals surface area contributed by atoms with Crippen molar-refractivity contribution in [2.75, 3.05) is 6.54 Å². The lowest BCUT2D eigenvalue weighted by Gasteiger charge is -2.26. The Morgan fingerprint density at radius 1 is 1.00 bits per heavy atom. The van der Waals surface area contributed by atoms with Crippen molar-refractivity contribution in [1.29, 1.82) is 0 Å². The zero-order valence-electron chi connectivity index (χ0n) is 18.4. The molecule has 1 unspecified atom stereocenters. The normalized spacial score (nSPS) is 17.3. The molecular weight excluding hydrogens is 446 g/mol. The van der Waals surface area contributed by atoms with Crippen LogP contribution in [0.2, 0.25) is 0 Å². The molecule has 0 aliphatic carbocycles. The maximum atomic E-state index is 14.0. The van der Waals surface area contributed by atoms with Crippen LogP contribution in [0.3, 0.4) is 0 Å². The third kappa shape index (κ3) is 6.24. The molecule has 3 rings (SSSR count). The summed E-state index contributed by atoms with van der Waals surface area (Å²) >= 11 is 0. The minimum absolute atomic E-state index is 0.0306. The van der Waals surface area contributed by atoms with Gasteiger partial charge in [0.2, 0.25) is 12.3 Å². The number of Topliss-reactive ketones (excluding diaryl/α,β-unsaturated/α-hetero) is 1. The van der Waals surface area contributed by atoms with Crippen molar-refractivity contribution >= 4 is 23.6 Å². The molecule has 1 aliphatic heterocycles. The van der Waals surface area contributed by atoms with Crippen LogP contribution in [0.25, 0.3) is 0 Å². The highest BCUT2D eigenvalue weighted by molar-refractivity contribution is 5.99. The van der Waals surface area contributed by atoms with Crippen LogP contribution in [0.1, 0.15) is 35.2 Å². The van der Waals surface area contributed by atoms with E-state index in [2.05, 4.69) is 5.32 Å². The Morgan fingerprint density at radius 2 is 1.62 bits per heavy atom. The first kappa shape index (κ1) is 25.0. The average molecular weight is 472 g/mol. The molecule has 2 N–H and O–H groups in total. The van der Waals surface area contributed by atoms with Crippen molar-refractivity contribution in [3.05, 3.63) is 71.8 Å². The number of carbonyl (C=O) groups excluding carboxylic acids is 3. The van der Waals surface area contributed by atoms with Gasteiger partial charge in [-0.25, -0.2) is 13.6 Å². The first-order valence-electron chi connectivity index (χ1n) is 11.0. The van der Waals surface area contributed by atoms with Crippen LogP contribution in [0.5, 0.6) is 0 Å². The Kier molecular flexibility index (Phi) is 8.45.